The molecular formula is C38H32N2. The predicted octanol–water partition coefficient (Wildman–Crippen LogP) is 10.9. The molecule has 0 N–H and O–H groups in total. The number of anilines is 6. The van der Waals surface area contributed by atoms with E-state index in [1.54, 1.807) is 0 Å². The van der Waals surface area contributed by atoms with Crippen molar-refractivity contribution in [3.63, 3.8) is 0 Å². The number of benzene rings is 6. The van der Waals surface area contributed by atoms with Gasteiger partial charge in [-0.2, -0.15) is 0 Å². The molecule has 0 amide bonds. The first-order valence-corrected chi connectivity index (χ1v) is 13.7. The first-order chi connectivity index (χ1) is 19.7. The van der Waals surface area contributed by atoms with E-state index in [9.17, 15) is 0 Å². The van der Waals surface area contributed by atoms with E-state index in [1.165, 1.54) is 33.6 Å². The minimum absolute atomic E-state index is 1.15. The Morgan fingerprint density at radius 2 is 0.600 bits per heavy atom. The molecule has 0 unspecified atom stereocenters. The van der Waals surface area contributed by atoms with Crippen molar-refractivity contribution < 1.29 is 0 Å². The molecule has 0 spiro atoms. The van der Waals surface area contributed by atoms with Crippen molar-refractivity contribution in [2.75, 3.05) is 9.80 Å². The van der Waals surface area contributed by atoms with Gasteiger partial charge in [0.25, 0.3) is 0 Å². The zero-order valence-corrected chi connectivity index (χ0v) is 22.9. The van der Waals surface area contributed by atoms with Gasteiger partial charge in [0.05, 0.1) is 0 Å². The second-order valence-electron chi connectivity index (χ2n) is 10.0. The lowest BCUT2D eigenvalue weighted by Gasteiger charge is -2.28. The quantitative estimate of drug-likeness (QED) is 0.208. The Balaban J connectivity index is 1.38. The van der Waals surface area contributed by atoms with Crippen LogP contribution in [0.15, 0.2) is 158 Å². The fourth-order valence-electron chi connectivity index (χ4n) is 5.33. The third-order valence-electron chi connectivity index (χ3n) is 7.27. The number of hydrogen-bond donors (Lipinski definition) is 0. The summed E-state index contributed by atoms with van der Waals surface area (Å²) < 4.78 is 0. The van der Waals surface area contributed by atoms with E-state index in [4.69, 9.17) is 0 Å². The molecule has 6 aromatic carbocycles. The monoisotopic (exact) mass is 516 g/mol. The number of aryl methyl sites for hydroxylation is 2. The fourth-order valence-corrected chi connectivity index (χ4v) is 5.33. The van der Waals surface area contributed by atoms with E-state index in [-0.39, 0.29) is 0 Å². The summed E-state index contributed by atoms with van der Waals surface area (Å²) in [5.74, 6) is 0. The summed E-state index contributed by atoms with van der Waals surface area (Å²) in [7, 11) is 0. The van der Waals surface area contributed by atoms with Crippen LogP contribution in [0.2, 0.25) is 0 Å². The average molecular weight is 517 g/mol. The van der Waals surface area contributed by atoms with Crippen LogP contribution in [0, 0.1) is 13.8 Å². The summed E-state index contributed by atoms with van der Waals surface area (Å²) in [5, 5.41) is 0. The third-order valence-corrected chi connectivity index (χ3v) is 7.27. The number of hydrogen-bond acceptors (Lipinski definition) is 2. The van der Waals surface area contributed by atoms with Crippen LogP contribution in [0.3, 0.4) is 0 Å². The number of para-hydroxylation sites is 4. The van der Waals surface area contributed by atoms with E-state index in [1.807, 2.05) is 0 Å². The number of rotatable bonds is 7. The molecule has 0 heterocycles. The molecule has 0 aromatic heterocycles. The maximum Gasteiger partial charge on any atom is 0.0491 e. The van der Waals surface area contributed by atoms with Crippen LogP contribution in [-0.4, -0.2) is 0 Å². The van der Waals surface area contributed by atoms with Crippen LogP contribution >= 0.6 is 0 Å². The second kappa shape index (κ2) is 11.3. The molecule has 0 bridgehead atoms. The van der Waals surface area contributed by atoms with E-state index >= 15 is 0 Å². The van der Waals surface area contributed by atoms with Gasteiger partial charge in [0.1, 0.15) is 0 Å². The van der Waals surface area contributed by atoms with E-state index in [0.717, 1.165) is 22.7 Å². The standard InChI is InChI=1S/C38H32N2/c1-29-27-31(23-25-37(29)39(33-15-7-3-8-16-33)34-17-9-4-10-18-34)32-24-26-38(30(2)28-32)40(35-19-11-5-12-20-35)36-21-13-6-14-22-36/h3-28H,1-2H3. The van der Waals surface area contributed by atoms with Crippen LogP contribution in [-0.2, 0) is 0 Å². The van der Waals surface area contributed by atoms with Gasteiger partial charge in [0, 0.05) is 34.1 Å². The Morgan fingerprint density at radius 1 is 0.325 bits per heavy atom. The molecule has 0 aliphatic heterocycles. The van der Waals surface area contributed by atoms with Crippen molar-refractivity contribution in [1.82, 2.24) is 0 Å². The predicted molar refractivity (Wildman–Crippen MR) is 171 cm³/mol. The van der Waals surface area contributed by atoms with Crippen molar-refractivity contribution in [2.24, 2.45) is 0 Å². The molecule has 0 radical (unpaired) electrons. The highest BCUT2D eigenvalue weighted by Crippen LogP contribution is 2.40. The van der Waals surface area contributed by atoms with Crippen LogP contribution in [0.25, 0.3) is 11.1 Å². The summed E-state index contributed by atoms with van der Waals surface area (Å²) in [4.78, 5) is 4.65. The van der Waals surface area contributed by atoms with Gasteiger partial charge < -0.3 is 9.80 Å². The van der Waals surface area contributed by atoms with Gasteiger partial charge in [-0.15, -0.1) is 0 Å². The second-order valence-corrected chi connectivity index (χ2v) is 10.0. The molecule has 2 heteroatoms. The Hall–Kier alpha value is -5.08. The van der Waals surface area contributed by atoms with Crippen LogP contribution < -0.4 is 9.80 Å². The molecule has 0 aliphatic carbocycles. The van der Waals surface area contributed by atoms with Crippen molar-refractivity contribution in [2.45, 2.75) is 13.8 Å². The molecule has 0 saturated carbocycles. The van der Waals surface area contributed by atoms with E-state index in [0.29, 0.717) is 0 Å². The topological polar surface area (TPSA) is 6.48 Å². The molecular weight excluding hydrogens is 484 g/mol. The zero-order chi connectivity index (χ0) is 27.3. The summed E-state index contributed by atoms with van der Waals surface area (Å²) in [6.45, 7) is 4.40. The van der Waals surface area contributed by atoms with E-state index < -0.39 is 0 Å². The van der Waals surface area contributed by atoms with Crippen molar-refractivity contribution in [3.05, 3.63) is 169 Å². The highest BCUT2D eigenvalue weighted by Gasteiger charge is 2.17. The smallest absolute Gasteiger partial charge is 0.0491 e. The fraction of sp³-hybridized carbons (Fsp3) is 0.0526. The van der Waals surface area contributed by atoms with Crippen LogP contribution in [0.5, 0.6) is 0 Å². The lowest BCUT2D eigenvalue weighted by Crippen LogP contribution is -2.11. The first kappa shape index (κ1) is 25.2. The molecule has 0 fully saturated rings. The average Bonchev–Trinajstić information content (AvgIpc) is 3.01. The van der Waals surface area contributed by atoms with Gasteiger partial charge in [0.2, 0.25) is 0 Å². The molecule has 2 nitrogen and oxygen atoms in total. The Kier molecular flexibility index (Phi) is 7.15. The highest BCUT2D eigenvalue weighted by atomic mass is 15.1. The highest BCUT2D eigenvalue weighted by molar-refractivity contribution is 5.83. The Morgan fingerprint density at radius 3 is 0.850 bits per heavy atom. The maximum atomic E-state index is 2.32. The molecule has 194 valence electrons. The van der Waals surface area contributed by atoms with Gasteiger partial charge >= 0.3 is 0 Å². The molecule has 0 saturated heterocycles. The maximum absolute atomic E-state index is 2.32. The van der Waals surface area contributed by atoms with Crippen molar-refractivity contribution in [3.8, 4) is 11.1 Å². The largest absolute Gasteiger partial charge is 0.310 e. The van der Waals surface area contributed by atoms with Crippen LogP contribution in [0.1, 0.15) is 11.1 Å². The molecule has 6 aromatic rings. The Labute approximate surface area is 237 Å². The van der Waals surface area contributed by atoms with Crippen LogP contribution in [0.4, 0.5) is 34.1 Å². The van der Waals surface area contributed by atoms with Gasteiger partial charge in [-0.1, -0.05) is 84.9 Å². The minimum atomic E-state index is 1.15. The lowest BCUT2D eigenvalue weighted by molar-refractivity contribution is 1.24. The van der Waals surface area contributed by atoms with Gasteiger partial charge in [-0.25, -0.2) is 0 Å². The van der Waals surface area contributed by atoms with Gasteiger partial charge in [-0.3, -0.25) is 0 Å². The van der Waals surface area contributed by atoms with E-state index in [2.05, 4.69) is 181 Å². The Bertz CT molecular complexity index is 1490. The molecule has 6 rings (SSSR count). The summed E-state index contributed by atoms with van der Waals surface area (Å²) in [5.41, 5.74) is 11.8. The number of nitrogens with zero attached hydrogens (tertiary/aromatic N) is 2. The van der Waals surface area contributed by atoms with Crippen molar-refractivity contribution >= 4 is 34.1 Å². The SMILES string of the molecule is Cc1cc(-c2ccc(N(c3ccccc3)c3ccccc3)c(C)c2)ccc1N(c1ccccc1)c1ccccc1. The summed E-state index contributed by atoms with van der Waals surface area (Å²) >= 11 is 0. The summed E-state index contributed by atoms with van der Waals surface area (Å²) in [6.07, 6.45) is 0. The molecule has 0 atom stereocenters. The molecule has 40 heavy (non-hydrogen) atoms. The third kappa shape index (κ3) is 5.12. The lowest BCUT2D eigenvalue weighted by atomic mass is 9.98. The zero-order valence-electron chi connectivity index (χ0n) is 22.9. The normalized spacial score (nSPS) is 10.8. The first-order valence-electron chi connectivity index (χ1n) is 13.7. The van der Waals surface area contributed by atoms with Crippen molar-refractivity contribution in [1.29, 1.82) is 0 Å². The van der Waals surface area contributed by atoms with Gasteiger partial charge in [0.15, 0.2) is 0 Å². The molecule has 0 aliphatic rings. The minimum Gasteiger partial charge on any atom is -0.310 e. The summed E-state index contributed by atoms with van der Waals surface area (Å²) in [6, 6.07) is 55.8. The van der Waals surface area contributed by atoms with Gasteiger partial charge in [-0.05, 0) is 109 Å².